The molecule has 0 saturated heterocycles. The zero-order valence-electron chi connectivity index (χ0n) is 11.5. The molecule has 0 amide bonds. The number of hydrogen-bond donors (Lipinski definition) is 2. The minimum absolute atomic E-state index is 0.119. The summed E-state index contributed by atoms with van der Waals surface area (Å²) in [7, 11) is 0. The van der Waals surface area contributed by atoms with E-state index in [0.717, 1.165) is 22.6 Å². The normalized spacial score (nSPS) is 12.5. The zero-order valence-corrected chi connectivity index (χ0v) is 11.5. The fourth-order valence-corrected chi connectivity index (χ4v) is 2.16. The summed E-state index contributed by atoms with van der Waals surface area (Å²) in [5, 5.41) is 7.78. The molecule has 3 N–H and O–H groups in total. The van der Waals surface area contributed by atoms with Crippen LogP contribution in [0.1, 0.15) is 24.2 Å². The van der Waals surface area contributed by atoms with E-state index in [2.05, 4.69) is 22.3 Å². The quantitative estimate of drug-likeness (QED) is 0.716. The molecule has 2 heterocycles. The summed E-state index contributed by atoms with van der Waals surface area (Å²) >= 11 is 0. The first-order valence-corrected chi connectivity index (χ1v) is 6.58. The fourth-order valence-electron chi connectivity index (χ4n) is 2.16. The second-order valence-corrected chi connectivity index (χ2v) is 4.91. The van der Waals surface area contributed by atoms with Crippen LogP contribution >= 0.6 is 0 Å². The van der Waals surface area contributed by atoms with Gasteiger partial charge in [0.2, 0.25) is 5.95 Å². The van der Waals surface area contributed by atoms with Gasteiger partial charge in [-0.3, -0.25) is 0 Å². The number of aromatic nitrogens is 3. The lowest BCUT2D eigenvalue weighted by Gasteiger charge is -2.12. The molecule has 0 aliphatic heterocycles. The summed E-state index contributed by atoms with van der Waals surface area (Å²) in [6.07, 6.45) is 0. The Balaban J connectivity index is 1.85. The number of benzene rings is 1. The van der Waals surface area contributed by atoms with Crippen LogP contribution in [0.4, 0.5) is 11.6 Å². The van der Waals surface area contributed by atoms with Crippen LogP contribution in [0.2, 0.25) is 0 Å². The first-order valence-electron chi connectivity index (χ1n) is 6.58. The van der Waals surface area contributed by atoms with E-state index >= 15 is 0 Å². The highest BCUT2D eigenvalue weighted by Gasteiger charge is 2.09. The molecule has 102 valence electrons. The molecular formula is C15H17N5. The first kappa shape index (κ1) is 12.5. The summed E-state index contributed by atoms with van der Waals surface area (Å²) in [6.45, 7) is 4.08. The summed E-state index contributed by atoms with van der Waals surface area (Å²) in [4.78, 5) is 4.47. The van der Waals surface area contributed by atoms with E-state index in [9.17, 15) is 0 Å². The van der Waals surface area contributed by atoms with E-state index in [1.165, 1.54) is 0 Å². The lowest BCUT2D eigenvalue weighted by Crippen LogP contribution is -2.08. The van der Waals surface area contributed by atoms with Gasteiger partial charge in [0, 0.05) is 11.4 Å². The van der Waals surface area contributed by atoms with Crippen LogP contribution in [-0.2, 0) is 0 Å². The predicted octanol–water partition coefficient (Wildman–Crippen LogP) is 2.79. The second-order valence-electron chi connectivity index (χ2n) is 4.91. The minimum Gasteiger partial charge on any atom is -0.399 e. The number of nitrogens with one attached hydrogen (secondary N) is 1. The first-order chi connectivity index (χ1) is 9.63. The molecule has 0 saturated carbocycles. The molecule has 0 radical (unpaired) electrons. The van der Waals surface area contributed by atoms with Crippen molar-refractivity contribution in [3.05, 3.63) is 53.7 Å². The van der Waals surface area contributed by atoms with Gasteiger partial charge >= 0.3 is 0 Å². The molecule has 2 aromatic heterocycles. The van der Waals surface area contributed by atoms with E-state index in [1.807, 2.05) is 53.9 Å². The number of rotatable bonds is 3. The Hall–Kier alpha value is -2.56. The average Bonchev–Trinajstić information content (AvgIpc) is 2.83. The van der Waals surface area contributed by atoms with Crippen molar-refractivity contribution >= 4 is 17.3 Å². The average molecular weight is 267 g/mol. The number of nitrogens with two attached hydrogens (primary N) is 1. The van der Waals surface area contributed by atoms with Crippen molar-refractivity contribution in [2.75, 3.05) is 11.1 Å². The molecule has 3 rings (SSSR count). The Morgan fingerprint density at radius 1 is 1.15 bits per heavy atom. The Morgan fingerprint density at radius 2 is 1.90 bits per heavy atom. The topological polar surface area (TPSA) is 68.2 Å². The Kier molecular flexibility index (Phi) is 3.02. The maximum Gasteiger partial charge on any atom is 0.243 e. The highest BCUT2D eigenvalue weighted by molar-refractivity contribution is 5.46. The third kappa shape index (κ3) is 2.30. The van der Waals surface area contributed by atoms with Crippen LogP contribution in [0.25, 0.3) is 5.65 Å². The maximum atomic E-state index is 5.70. The molecule has 0 aliphatic rings. The molecule has 0 fully saturated rings. The summed E-state index contributed by atoms with van der Waals surface area (Å²) in [5.74, 6) is 0.628. The number of nitrogens with zero attached hydrogens (tertiary/aromatic N) is 3. The number of fused-ring (bicyclic) bond motifs is 1. The van der Waals surface area contributed by atoms with Crippen LogP contribution in [0.5, 0.6) is 0 Å². The van der Waals surface area contributed by atoms with Gasteiger partial charge < -0.3 is 11.1 Å². The molecule has 20 heavy (non-hydrogen) atoms. The Bertz CT molecular complexity index is 730. The van der Waals surface area contributed by atoms with E-state index < -0.39 is 0 Å². The van der Waals surface area contributed by atoms with Gasteiger partial charge in [-0.25, -0.2) is 4.52 Å². The largest absolute Gasteiger partial charge is 0.399 e. The van der Waals surface area contributed by atoms with Crippen LogP contribution in [-0.4, -0.2) is 14.6 Å². The lowest BCUT2D eigenvalue weighted by atomic mass is 10.1. The molecule has 1 atom stereocenters. The third-order valence-corrected chi connectivity index (χ3v) is 3.33. The lowest BCUT2D eigenvalue weighted by molar-refractivity contribution is 0.846. The number of pyridine rings is 1. The number of nitrogen functional groups attached to an aromatic ring is 1. The van der Waals surface area contributed by atoms with Crippen molar-refractivity contribution in [1.29, 1.82) is 0 Å². The highest BCUT2D eigenvalue weighted by atomic mass is 15.4. The Labute approximate surface area is 117 Å². The second kappa shape index (κ2) is 4.85. The molecule has 1 aromatic carbocycles. The SMILES string of the molecule is Cc1cccc2nc(NC(C)c3ccc(N)cc3)nn12. The molecule has 5 heteroatoms. The molecule has 5 nitrogen and oxygen atoms in total. The third-order valence-electron chi connectivity index (χ3n) is 3.33. The smallest absolute Gasteiger partial charge is 0.243 e. The van der Waals surface area contributed by atoms with Gasteiger partial charge in [-0.15, -0.1) is 5.10 Å². The van der Waals surface area contributed by atoms with E-state index in [4.69, 9.17) is 5.73 Å². The number of hydrogen-bond acceptors (Lipinski definition) is 4. The monoisotopic (exact) mass is 267 g/mol. The summed E-state index contributed by atoms with van der Waals surface area (Å²) < 4.78 is 1.83. The van der Waals surface area contributed by atoms with Crippen molar-refractivity contribution in [1.82, 2.24) is 14.6 Å². The van der Waals surface area contributed by atoms with Crippen molar-refractivity contribution in [3.8, 4) is 0 Å². The van der Waals surface area contributed by atoms with E-state index in [0.29, 0.717) is 5.95 Å². The Morgan fingerprint density at radius 3 is 2.60 bits per heavy atom. The van der Waals surface area contributed by atoms with Gasteiger partial charge in [0.25, 0.3) is 0 Å². The molecular weight excluding hydrogens is 250 g/mol. The van der Waals surface area contributed by atoms with Crippen molar-refractivity contribution in [3.63, 3.8) is 0 Å². The van der Waals surface area contributed by atoms with Gasteiger partial charge in [-0.2, -0.15) is 4.98 Å². The van der Waals surface area contributed by atoms with E-state index in [1.54, 1.807) is 0 Å². The van der Waals surface area contributed by atoms with Crippen LogP contribution in [0, 0.1) is 6.92 Å². The molecule has 0 aliphatic carbocycles. The molecule has 0 spiro atoms. The summed E-state index contributed by atoms with van der Waals surface area (Å²) in [6, 6.07) is 13.9. The molecule has 3 aromatic rings. The van der Waals surface area contributed by atoms with Crippen LogP contribution in [0.3, 0.4) is 0 Å². The van der Waals surface area contributed by atoms with E-state index in [-0.39, 0.29) is 6.04 Å². The van der Waals surface area contributed by atoms with Crippen molar-refractivity contribution in [2.45, 2.75) is 19.9 Å². The fraction of sp³-hybridized carbons (Fsp3) is 0.200. The van der Waals surface area contributed by atoms with Gasteiger partial charge in [-0.05, 0) is 43.7 Å². The molecule has 1 unspecified atom stereocenters. The van der Waals surface area contributed by atoms with Gasteiger partial charge in [0.15, 0.2) is 5.65 Å². The van der Waals surface area contributed by atoms with Crippen molar-refractivity contribution in [2.24, 2.45) is 0 Å². The number of aryl methyl sites for hydroxylation is 1. The molecule has 0 bridgehead atoms. The maximum absolute atomic E-state index is 5.70. The summed E-state index contributed by atoms with van der Waals surface area (Å²) in [5.41, 5.74) is 9.52. The van der Waals surface area contributed by atoms with Crippen LogP contribution < -0.4 is 11.1 Å². The van der Waals surface area contributed by atoms with Gasteiger partial charge in [0.1, 0.15) is 0 Å². The van der Waals surface area contributed by atoms with Crippen LogP contribution in [0.15, 0.2) is 42.5 Å². The predicted molar refractivity (Wildman–Crippen MR) is 80.6 cm³/mol. The van der Waals surface area contributed by atoms with Gasteiger partial charge in [0.05, 0.1) is 6.04 Å². The zero-order chi connectivity index (χ0) is 14.1. The van der Waals surface area contributed by atoms with Gasteiger partial charge in [-0.1, -0.05) is 18.2 Å². The standard InChI is InChI=1S/C15H17N5/c1-10-4-3-5-14-18-15(19-20(10)14)17-11(2)12-6-8-13(16)9-7-12/h3-9,11H,16H2,1-2H3,(H,17,19). The number of anilines is 2. The minimum atomic E-state index is 0.119. The highest BCUT2D eigenvalue weighted by Crippen LogP contribution is 2.19. The van der Waals surface area contributed by atoms with Crippen molar-refractivity contribution < 1.29 is 0 Å².